The van der Waals surface area contributed by atoms with Gasteiger partial charge in [0.05, 0.1) is 0 Å². The molecule has 3 unspecified atom stereocenters. The van der Waals surface area contributed by atoms with Crippen LogP contribution < -0.4 is 4.74 Å². The van der Waals surface area contributed by atoms with Crippen LogP contribution in [0.2, 0.25) is 5.02 Å². The van der Waals surface area contributed by atoms with Gasteiger partial charge in [0.1, 0.15) is 11.9 Å². The van der Waals surface area contributed by atoms with Crippen molar-refractivity contribution >= 4 is 11.6 Å². The van der Waals surface area contributed by atoms with Crippen molar-refractivity contribution in [1.82, 2.24) is 0 Å². The number of hydrogen-bond acceptors (Lipinski definition) is 1. The molecule has 0 radical (unpaired) electrons. The molecule has 128 valence electrons. The van der Waals surface area contributed by atoms with Crippen LogP contribution in [0, 0.1) is 0 Å². The monoisotopic (exact) mass is 358 g/mol. The van der Waals surface area contributed by atoms with E-state index in [4.69, 9.17) is 16.3 Å². The van der Waals surface area contributed by atoms with Gasteiger partial charge in [0.15, 0.2) is 0 Å². The fourth-order valence-electron chi connectivity index (χ4n) is 4.26. The molecule has 0 fully saturated rings. The molecule has 1 aliphatic heterocycles. The van der Waals surface area contributed by atoms with Gasteiger partial charge in [0.25, 0.3) is 0 Å². The molecule has 0 N–H and O–H groups in total. The van der Waals surface area contributed by atoms with Crippen LogP contribution in [-0.4, -0.2) is 6.10 Å². The highest BCUT2D eigenvalue weighted by Gasteiger charge is 2.37. The smallest absolute Gasteiger partial charge is 0.123 e. The number of hydrogen-bond donors (Lipinski definition) is 0. The van der Waals surface area contributed by atoms with Crippen molar-refractivity contribution in [2.24, 2.45) is 0 Å². The van der Waals surface area contributed by atoms with Gasteiger partial charge in [-0.1, -0.05) is 78.4 Å². The second-order valence-electron chi connectivity index (χ2n) is 7.04. The molecule has 3 aromatic carbocycles. The molecule has 2 heteroatoms. The van der Waals surface area contributed by atoms with Crippen molar-refractivity contribution in [1.29, 1.82) is 0 Å². The van der Waals surface area contributed by atoms with E-state index in [0.717, 1.165) is 17.2 Å². The Bertz CT molecular complexity index is 977. The first-order chi connectivity index (χ1) is 12.8. The van der Waals surface area contributed by atoms with Crippen LogP contribution in [0.25, 0.3) is 11.1 Å². The zero-order chi connectivity index (χ0) is 17.5. The Morgan fingerprint density at radius 3 is 2.50 bits per heavy atom. The molecule has 0 aromatic heterocycles. The highest BCUT2D eigenvalue weighted by atomic mass is 35.5. The Labute approximate surface area is 158 Å². The number of fused-ring (bicyclic) bond motifs is 3. The number of allylic oxidation sites excluding steroid dienone is 1. The maximum atomic E-state index is 6.25. The molecule has 2 aliphatic rings. The second kappa shape index (κ2) is 6.34. The topological polar surface area (TPSA) is 9.23 Å². The van der Waals surface area contributed by atoms with E-state index in [1.165, 1.54) is 22.3 Å². The quantitative estimate of drug-likeness (QED) is 0.469. The van der Waals surface area contributed by atoms with Crippen molar-refractivity contribution in [3.63, 3.8) is 0 Å². The molecule has 0 spiro atoms. The molecule has 3 aromatic rings. The van der Waals surface area contributed by atoms with Crippen molar-refractivity contribution in [3.05, 3.63) is 101 Å². The van der Waals surface area contributed by atoms with Gasteiger partial charge in [-0.15, -0.1) is 0 Å². The first-order valence-corrected chi connectivity index (χ1v) is 9.46. The lowest BCUT2D eigenvalue weighted by atomic mass is 9.79. The summed E-state index contributed by atoms with van der Waals surface area (Å²) in [5.41, 5.74) is 5.15. The standard InChI is InChI=1S/C24H19ClO/c25-18-11-13-23-22(15-18)21-12-10-17(14-24(21)26-23)20-9-5-4-8-19(20)16-6-2-1-3-7-16/h1-13,15,17,21,24H,14H2. The summed E-state index contributed by atoms with van der Waals surface area (Å²) in [6, 6.07) is 25.3. The average molecular weight is 359 g/mol. The molecule has 0 saturated carbocycles. The average Bonchev–Trinajstić information content (AvgIpc) is 3.05. The first-order valence-electron chi connectivity index (χ1n) is 9.08. The number of halogens is 1. The van der Waals surface area contributed by atoms with E-state index in [-0.39, 0.29) is 6.10 Å². The minimum Gasteiger partial charge on any atom is -0.489 e. The van der Waals surface area contributed by atoms with Crippen LogP contribution in [0.3, 0.4) is 0 Å². The van der Waals surface area contributed by atoms with Crippen molar-refractivity contribution in [2.75, 3.05) is 0 Å². The predicted octanol–water partition coefficient (Wildman–Crippen LogP) is 6.60. The van der Waals surface area contributed by atoms with Crippen LogP contribution in [0.5, 0.6) is 5.75 Å². The highest BCUT2D eigenvalue weighted by molar-refractivity contribution is 6.30. The molecular formula is C24H19ClO. The number of ether oxygens (including phenoxy) is 1. The lowest BCUT2D eigenvalue weighted by Gasteiger charge is -2.27. The van der Waals surface area contributed by atoms with Gasteiger partial charge >= 0.3 is 0 Å². The SMILES string of the molecule is Clc1ccc2c(c1)C1C=CC(c3ccccc3-c3ccccc3)CC1O2. The molecule has 1 aliphatic carbocycles. The highest BCUT2D eigenvalue weighted by Crippen LogP contribution is 2.47. The van der Waals surface area contributed by atoms with Crippen molar-refractivity contribution in [2.45, 2.75) is 24.4 Å². The summed E-state index contributed by atoms with van der Waals surface area (Å²) in [6.45, 7) is 0. The van der Waals surface area contributed by atoms with E-state index in [1.807, 2.05) is 18.2 Å². The molecule has 1 nitrogen and oxygen atoms in total. The molecule has 5 rings (SSSR count). The minimum atomic E-state index is 0.183. The summed E-state index contributed by atoms with van der Waals surface area (Å²) in [5, 5.41) is 0.776. The minimum absolute atomic E-state index is 0.183. The van der Waals surface area contributed by atoms with Gasteiger partial charge in [0, 0.05) is 22.4 Å². The van der Waals surface area contributed by atoms with Crippen LogP contribution in [0.1, 0.15) is 29.4 Å². The summed E-state index contributed by atoms with van der Waals surface area (Å²) in [5.74, 6) is 1.65. The lowest BCUT2D eigenvalue weighted by Crippen LogP contribution is -2.24. The third-order valence-electron chi connectivity index (χ3n) is 5.49. The van der Waals surface area contributed by atoms with Crippen LogP contribution >= 0.6 is 11.6 Å². The van der Waals surface area contributed by atoms with Crippen molar-refractivity contribution in [3.8, 4) is 16.9 Å². The van der Waals surface area contributed by atoms with Crippen LogP contribution in [-0.2, 0) is 0 Å². The molecule has 26 heavy (non-hydrogen) atoms. The Morgan fingerprint density at radius 1 is 0.808 bits per heavy atom. The Kier molecular flexibility index (Phi) is 3.83. The number of rotatable bonds is 2. The third kappa shape index (κ3) is 2.64. The maximum Gasteiger partial charge on any atom is 0.123 e. The summed E-state index contributed by atoms with van der Waals surface area (Å²) in [4.78, 5) is 0. The van der Waals surface area contributed by atoms with Crippen molar-refractivity contribution < 1.29 is 4.74 Å². The van der Waals surface area contributed by atoms with Crippen LogP contribution in [0.4, 0.5) is 0 Å². The van der Waals surface area contributed by atoms with E-state index in [2.05, 4.69) is 66.7 Å². The molecule has 0 bridgehead atoms. The first kappa shape index (κ1) is 15.7. The van der Waals surface area contributed by atoms with Gasteiger partial charge < -0.3 is 4.74 Å². The fourth-order valence-corrected chi connectivity index (χ4v) is 4.44. The van der Waals surface area contributed by atoms with E-state index in [1.54, 1.807) is 0 Å². The summed E-state index contributed by atoms with van der Waals surface area (Å²) in [7, 11) is 0. The predicted molar refractivity (Wildman–Crippen MR) is 107 cm³/mol. The summed E-state index contributed by atoms with van der Waals surface area (Å²) in [6.07, 6.45) is 5.82. The Balaban J connectivity index is 1.50. The second-order valence-corrected chi connectivity index (χ2v) is 7.48. The van der Waals surface area contributed by atoms with E-state index >= 15 is 0 Å². The van der Waals surface area contributed by atoms with Gasteiger partial charge in [0.2, 0.25) is 0 Å². The largest absolute Gasteiger partial charge is 0.489 e. The van der Waals surface area contributed by atoms with Crippen LogP contribution in [0.15, 0.2) is 84.9 Å². The molecule has 0 amide bonds. The van der Waals surface area contributed by atoms with E-state index in [0.29, 0.717) is 11.8 Å². The Hall–Kier alpha value is -2.51. The molecule has 3 atom stereocenters. The normalized spacial score (nSPS) is 23.2. The van der Waals surface area contributed by atoms with Gasteiger partial charge in [-0.25, -0.2) is 0 Å². The molecule has 0 saturated heterocycles. The Morgan fingerprint density at radius 2 is 1.62 bits per heavy atom. The van der Waals surface area contributed by atoms with Gasteiger partial charge in [-0.05, 0) is 41.3 Å². The molecular weight excluding hydrogens is 340 g/mol. The fraction of sp³-hybridized carbons (Fsp3) is 0.167. The summed E-state index contributed by atoms with van der Waals surface area (Å²) >= 11 is 6.19. The van der Waals surface area contributed by atoms with Gasteiger partial charge in [-0.3, -0.25) is 0 Å². The van der Waals surface area contributed by atoms with E-state index < -0.39 is 0 Å². The lowest BCUT2D eigenvalue weighted by molar-refractivity contribution is 0.197. The number of benzene rings is 3. The zero-order valence-electron chi connectivity index (χ0n) is 14.3. The third-order valence-corrected chi connectivity index (χ3v) is 5.73. The zero-order valence-corrected chi connectivity index (χ0v) is 15.1. The van der Waals surface area contributed by atoms with Gasteiger partial charge in [-0.2, -0.15) is 0 Å². The molecule has 1 heterocycles. The van der Waals surface area contributed by atoms with E-state index in [9.17, 15) is 0 Å². The maximum absolute atomic E-state index is 6.25. The summed E-state index contributed by atoms with van der Waals surface area (Å²) < 4.78 is 6.25.